The second-order valence-electron chi connectivity index (χ2n) is 5.78. The number of nitrogens with zero attached hydrogens (tertiary/aromatic N) is 5. The molecule has 1 aromatic carbocycles. The minimum atomic E-state index is 0.293. The van der Waals surface area contributed by atoms with E-state index in [4.69, 9.17) is 5.73 Å². The number of rotatable bonds is 2. The van der Waals surface area contributed by atoms with Crippen LogP contribution in [-0.4, -0.2) is 26.8 Å². The second-order valence-corrected chi connectivity index (χ2v) is 5.78. The summed E-state index contributed by atoms with van der Waals surface area (Å²) in [7, 11) is 3.90. The van der Waals surface area contributed by atoms with E-state index in [1.54, 1.807) is 10.9 Å². The number of nitrogen functional groups attached to an aromatic ring is 1. The van der Waals surface area contributed by atoms with Crippen molar-refractivity contribution in [3.8, 4) is 0 Å². The van der Waals surface area contributed by atoms with Gasteiger partial charge in [-0.1, -0.05) is 24.3 Å². The van der Waals surface area contributed by atoms with Gasteiger partial charge in [0.25, 0.3) is 0 Å². The molecule has 0 radical (unpaired) electrons. The van der Waals surface area contributed by atoms with Gasteiger partial charge in [-0.2, -0.15) is 15.1 Å². The van der Waals surface area contributed by atoms with Crippen LogP contribution < -0.4 is 10.6 Å². The molecule has 4 rings (SSSR count). The van der Waals surface area contributed by atoms with E-state index in [0.717, 1.165) is 23.9 Å². The van der Waals surface area contributed by atoms with E-state index in [1.165, 1.54) is 11.1 Å². The number of nitrogens with two attached hydrogens (primary N) is 1. The van der Waals surface area contributed by atoms with E-state index in [9.17, 15) is 0 Å². The molecule has 2 N–H and O–H groups in total. The highest BCUT2D eigenvalue weighted by molar-refractivity contribution is 5.86. The van der Waals surface area contributed by atoms with Crippen LogP contribution in [0.4, 0.5) is 11.8 Å². The van der Waals surface area contributed by atoms with Crippen LogP contribution in [-0.2, 0) is 13.5 Å². The van der Waals surface area contributed by atoms with Crippen molar-refractivity contribution >= 4 is 22.8 Å². The van der Waals surface area contributed by atoms with E-state index in [-0.39, 0.29) is 0 Å². The zero-order valence-electron chi connectivity index (χ0n) is 12.7. The monoisotopic (exact) mass is 294 g/mol. The predicted octanol–water partition coefficient (Wildman–Crippen LogP) is 2.07. The Morgan fingerprint density at radius 1 is 1.27 bits per heavy atom. The Morgan fingerprint density at radius 2 is 2.09 bits per heavy atom. The van der Waals surface area contributed by atoms with Crippen LogP contribution in [0.25, 0.3) is 11.0 Å². The van der Waals surface area contributed by atoms with Crippen molar-refractivity contribution in [2.24, 2.45) is 7.05 Å². The summed E-state index contributed by atoms with van der Waals surface area (Å²) < 4.78 is 1.73. The number of hydrogen-bond donors (Lipinski definition) is 1. The first kappa shape index (κ1) is 13.1. The first-order valence-electron chi connectivity index (χ1n) is 7.41. The van der Waals surface area contributed by atoms with Crippen molar-refractivity contribution in [1.29, 1.82) is 0 Å². The summed E-state index contributed by atoms with van der Waals surface area (Å²) in [6, 6.07) is 8.86. The number of aryl methyl sites for hydroxylation is 2. The van der Waals surface area contributed by atoms with Gasteiger partial charge in [0.1, 0.15) is 5.82 Å². The highest BCUT2D eigenvalue weighted by atomic mass is 15.3. The maximum absolute atomic E-state index is 6.07. The molecular formula is C16H18N6. The third-order valence-corrected chi connectivity index (χ3v) is 4.49. The largest absolute Gasteiger partial charge is 0.383 e. The SMILES string of the molecule is CN(c1nc(N)c2cnn(C)c2n1)C1CCc2ccccc21. The van der Waals surface area contributed by atoms with Gasteiger partial charge in [0.15, 0.2) is 5.65 Å². The molecule has 0 saturated carbocycles. The molecule has 6 heteroatoms. The Kier molecular flexibility index (Phi) is 2.79. The van der Waals surface area contributed by atoms with Gasteiger partial charge in [-0.15, -0.1) is 0 Å². The third kappa shape index (κ3) is 1.83. The molecule has 0 bridgehead atoms. The van der Waals surface area contributed by atoms with Gasteiger partial charge in [-0.3, -0.25) is 4.68 Å². The number of fused-ring (bicyclic) bond motifs is 2. The number of benzene rings is 1. The molecular weight excluding hydrogens is 276 g/mol. The number of hydrogen-bond acceptors (Lipinski definition) is 5. The first-order valence-corrected chi connectivity index (χ1v) is 7.41. The van der Waals surface area contributed by atoms with E-state index in [1.807, 2.05) is 14.1 Å². The summed E-state index contributed by atoms with van der Waals surface area (Å²) in [4.78, 5) is 11.2. The Bertz CT molecular complexity index is 853. The van der Waals surface area contributed by atoms with Crippen molar-refractivity contribution in [3.05, 3.63) is 41.6 Å². The van der Waals surface area contributed by atoms with Gasteiger partial charge in [-0.05, 0) is 24.0 Å². The third-order valence-electron chi connectivity index (χ3n) is 4.49. The predicted molar refractivity (Wildman–Crippen MR) is 86.6 cm³/mol. The fourth-order valence-electron chi connectivity index (χ4n) is 3.27. The van der Waals surface area contributed by atoms with E-state index in [0.29, 0.717) is 17.8 Å². The summed E-state index contributed by atoms with van der Waals surface area (Å²) in [6.45, 7) is 0. The zero-order chi connectivity index (χ0) is 15.3. The van der Waals surface area contributed by atoms with Crippen LogP contribution >= 0.6 is 0 Å². The topological polar surface area (TPSA) is 72.9 Å². The Morgan fingerprint density at radius 3 is 2.95 bits per heavy atom. The van der Waals surface area contributed by atoms with Crippen molar-refractivity contribution in [1.82, 2.24) is 19.7 Å². The van der Waals surface area contributed by atoms with Gasteiger partial charge < -0.3 is 10.6 Å². The summed E-state index contributed by atoms with van der Waals surface area (Å²) in [5, 5.41) is 5.00. The molecule has 1 aliphatic rings. The van der Waals surface area contributed by atoms with Crippen LogP contribution in [0.15, 0.2) is 30.5 Å². The fraction of sp³-hybridized carbons (Fsp3) is 0.312. The molecule has 1 unspecified atom stereocenters. The molecule has 0 saturated heterocycles. The minimum absolute atomic E-state index is 0.293. The maximum atomic E-state index is 6.07. The molecule has 0 spiro atoms. The molecule has 22 heavy (non-hydrogen) atoms. The van der Waals surface area contributed by atoms with Gasteiger partial charge in [0.05, 0.1) is 17.6 Å². The number of anilines is 2. The van der Waals surface area contributed by atoms with Crippen molar-refractivity contribution in [2.75, 3.05) is 17.7 Å². The fourth-order valence-corrected chi connectivity index (χ4v) is 3.27. The average molecular weight is 294 g/mol. The zero-order valence-corrected chi connectivity index (χ0v) is 12.7. The van der Waals surface area contributed by atoms with Crippen molar-refractivity contribution < 1.29 is 0 Å². The summed E-state index contributed by atoms with van der Waals surface area (Å²) in [5.41, 5.74) is 9.60. The molecule has 1 aliphatic carbocycles. The second kappa shape index (κ2) is 4.69. The summed E-state index contributed by atoms with van der Waals surface area (Å²) in [5.74, 6) is 1.13. The smallest absolute Gasteiger partial charge is 0.229 e. The van der Waals surface area contributed by atoms with Gasteiger partial charge in [0.2, 0.25) is 5.95 Å². The molecule has 112 valence electrons. The molecule has 0 aliphatic heterocycles. The molecule has 2 heterocycles. The maximum Gasteiger partial charge on any atom is 0.229 e. The molecule has 6 nitrogen and oxygen atoms in total. The summed E-state index contributed by atoms with van der Waals surface area (Å²) in [6.07, 6.45) is 3.87. The quantitative estimate of drug-likeness (QED) is 0.783. The standard InChI is InChI=1S/C16H18N6/c1-21(13-8-7-10-5-3-4-6-11(10)13)16-19-14(17)12-9-18-22(2)15(12)20-16/h3-6,9,13H,7-8H2,1-2H3,(H2,17,19,20). The van der Waals surface area contributed by atoms with Gasteiger partial charge in [0, 0.05) is 14.1 Å². The normalized spacial score (nSPS) is 16.9. The molecule has 3 aromatic rings. The molecule has 1 atom stereocenters. The lowest BCUT2D eigenvalue weighted by atomic mass is 10.1. The highest BCUT2D eigenvalue weighted by Gasteiger charge is 2.27. The minimum Gasteiger partial charge on any atom is -0.383 e. The van der Waals surface area contributed by atoms with E-state index in [2.05, 4.69) is 44.2 Å². The van der Waals surface area contributed by atoms with Crippen LogP contribution in [0.1, 0.15) is 23.6 Å². The first-order chi connectivity index (χ1) is 10.6. The lowest BCUT2D eigenvalue weighted by molar-refractivity contribution is 0.647. The molecule has 2 aromatic heterocycles. The summed E-state index contributed by atoms with van der Waals surface area (Å²) >= 11 is 0. The van der Waals surface area contributed by atoms with Crippen LogP contribution in [0, 0.1) is 0 Å². The Labute approximate surface area is 128 Å². The van der Waals surface area contributed by atoms with Gasteiger partial charge in [-0.25, -0.2) is 0 Å². The van der Waals surface area contributed by atoms with Crippen molar-refractivity contribution in [3.63, 3.8) is 0 Å². The van der Waals surface area contributed by atoms with Crippen molar-refractivity contribution in [2.45, 2.75) is 18.9 Å². The lowest BCUT2D eigenvalue weighted by Crippen LogP contribution is -2.24. The van der Waals surface area contributed by atoms with E-state index < -0.39 is 0 Å². The Balaban J connectivity index is 1.77. The molecule has 0 fully saturated rings. The molecule has 0 amide bonds. The average Bonchev–Trinajstić information content (AvgIpc) is 3.11. The lowest BCUT2D eigenvalue weighted by Gasteiger charge is -2.25. The highest BCUT2D eigenvalue weighted by Crippen LogP contribution is 2.36. The van der Waals surface area contributed by atoms with Crippen LogP contribution in [0.2, 0.25) is 0 Å². The van der Waals surface area contributed by atoms with Crippen LogP contribution in [0.5, 0.6) is 0 Å². The van der Waals surface area contributed by atoms with Crippen LogP contribution in [0.3, 0.4) is 0 Å². The van der Waals surface area contributed by atoms with Gasteiger partial charge >= 0.3 is 0 Å². The van der Waals surface area contributed by atoms with E-state index >= 15 is 0 Å². The number of aromatic nitrogens is 4. The Hall–Kier alpha value is -2.63.